The SMILES string of the molecule is NS(=O)(=O)c1ccc(F)c(C(=O)NC2CC2)c1F. The Balaban J connectivity index is 2.48. The molecule has 18 heavy (non-hydrogen) atoms. The van der Waals surface area contributed by atoms with Gasteiger partial charge < -0.3 is 5.32 Å². The molecule has 98 valence electrons. The highest BCUT2D eigenvalue weighted by atomic mass is 32.2. The van der Waals surface area contributed by atoms with E-state index in [1.54, 1.807) is 0 Å². The number of rotatable bonds is 3. The Morgan fingerprint density at radius 3 is 2.44 bits per heavy atom. The summed E-state index contributed by atoms with van der Waals surface area (Å²) in [5.74, 6) is -3.56. The van der Waals surface area contributed by atoms with Crippen LogP contribution in [0.25, 0.3) is 0 Å². The fourth-order valence-electron chi connectivity index (χ4n) is 1.45. The summed E-state index contributed by atoms with van der Waals surface area (Å²) in [5, 5.41) is 7.14. The van der Waals surface area contributed by atoms with Gasteiger partial charge in [-0.05, 0) is 25.0 Å². The largest absolute Gasteiger partial charge is 0.349 e. The maximum absolute atomic E-state index is 13.8. The highest BCUT2D eigenvalue weighted by Crippen LogP contribution is 2.23. The van der Waals surface area contributed by atoms with Gasteiger partial charge in [-0.1, -0.05) is 0 Å². The molecule has 1 aliphatic carbocycles. The number of hydrogen-bond donors (Lipinski definition) is 2. The quantitative estimate of drug-likeness (QED) is 0.842. The van der Waals surface area contributed by atoms with Crippen LogP contribution in [0.5, 0.6) is 0 Å². The first-order valence-electron chi connectivity index (χ1n) is 5.12. The van der Waals surface area contributed by atoms with Crippen LogP contribution in [-0.2, 0) is 10.0 Å². The van der Waals surface area contributed by atoms with Gasteiger partial charge in [0, 0.05) is 6.04 Å². The molecule has 1 fully saturated rings. The van der Waals surface area contributed by atoms with Crippen LogP contribution in [0.2, 0.25) is 0 Å². The van der Waals surface area contributed by atoms with E-state index in [1.807, 2.05) is 0 Å². The average molecular weight is 276 g/mol. The summed E-state index contributed by atoms with van der Waals surface area (Å²) >= 11 is 0. The van der Waals surface area contributed by atoms with E-state index in [4.69, 9.17) is 5.14 Å². The van der Waals surface area contributed by atoms with Gasteiger partial charge in [0.05, 0.1) is 0 Å². The molecule has 0 bridgehead atoms. The summed E-state index contributed by atoms with van der Waals surface area (Å²) in [6.07, 6.45) is 1.48. The Morgan fingerprint density at radius 1 is 1.33 bits per heavy atom. The zero-order valence-electron chi connectivity index (χ0n) is 9.11. The summed E-state index contributed by atoms with van der Waals surface area (Å²) in [5.41, 5.74) is -0.923. The molecule has 3 N–H and O–H groups in total. The molecule has 5 nitrogen and oxygen atoms in total. The van der Waals surface area contributed by atoms with Crippen LogP contribution in [0.4, 0.5) is 8.78 Å². The van der Waals surface area contributed by atoms with E-state index < -0.39 is 38.0 Å². The summed E-state index contributed by atoms with van der Waals surface area (Å²) in [7, 11) is -4.34. The predicted octanol–water partition coefficient (Wildman–Crippen LogP) is 0.504. The highest BCUT2D eigenvalue weighted by Gasteiger charge is 2.29. The average Bonchev–Trinajstić information content (AvgIpc) is 2.99. The van der Waals surface area contributed by atoms with Crippen molar-refractivity contribution in [2.45, 2.75) is 23.8 Å². The molecule has 1 saturated carbocycles. The monoisotopic (exact) mass is 276 g/mol. The molecule has 1 aromatic carbocycles. The van der Waals surface area contributed by atoms with Crippen molar-refractivity contribution in [3.05, 3.63) is 29.3 Å². The van der Waals surface area contributed by atoms with Gasteiger partial charge in [0.15, 0.2) is 5.82 Å². The van der Waals surface area contributed by atoms with E-state index >= 15 is 0 Å². The topological polar surface area (TPSA) is 89.3 Å². The number of carbonyl (C=O) groups excluding carboxylic acids is 1. The molecular formula is C10H10F2N2O3S. The second-order valence-electron chi connectivity index (χ2n) is 4.03. The Bertz CT molecular complexity index is 612. The first-order valence-corrected chi connectivity index (χ1v) is 6.67. The van der Waals surface area contributed by atoms with Crippen LogP contribution in [0, 0.1) is 11.6 Å². The minimum atomic E-state index is -4.34. The standard InChI is InChI=1S/C10H10F2N2O3S/c11-6-3-4-7(18(13,16)17)9(12)8(6)10(15)14-5-1-2-5/h3-5H,1-2H2,(H,14,15)(H2,13,16,17). The maximum Gasteiger partial charge on any atom is 0.257 e. The van der Waals surface area contributed by atoms with Gasteiger partial charge in [0.25, 0.3) is 5.91 Å². The lowest BCUT2D eigenvalue weighted by atomic mass is 10.2. The van der Waals surface area contributed by atoms with Gasteiger partial charge in [-0.2, -0.15) is 0 Å². The van der Waals surface area contributed by atoms with Gasteiger partial charge in [-0.3, -0.25) is 4.79 Å². The summed E-state index contributed by atoms with van der Waals surface area (Å²) in [4.78, 5) is 10.7. The second kappa shape index (κ2) is 4.29. The van der Waals surface area contributed by atoms with Crippen molar-refractivity contribution in [2.75, 3.05) is 0 Å². The number of amides is 1. The minimum absolute atomic E-state index is 0.102. The Hall–Kier alpha value is -1.54. The van der Waals surface area contributed by atoms with Crippen LogP contribution >= 0.6 is 0 Å². The third-order valence-corrected chi connectivity index (χ3v) is 3.43. The molecule has 2 rings (SSSR count). The number of primary sulfonamides is 1. The molecule has 0 spiro atoms. The third kappa shape index (κ3) is 2.49. The van der Waals surface area contributed by atoms with Crippen LogP contribution in [-0.4, -0.2) is 20.4 Å². The summed E-state index contributed by atoms with van der Waals surface area (Å²) in [6, 6.07) is 1.29. The number of halogens is 2. The number of hydrogen-bond acceptors (Lipinski definition) is 3. The molecule has 0 heterocycles. The van der Waals surface area contributed by atoms with Crippen LogP contribution < -0.4 is 10.5 Å². The van der Waals surface area contributed by atoms with Crippen LogP contribution in [0.1, 0.15) is 23.2 Å². The first kappa shape index (κ1) is 12.9. The number of benzene rings is 1. The molecule has 1 aromatic rings. The molecule has 0 radical (unpaired) electrons. The first-order chi connectivity index (χ1) is 8.30. The van der Waals surface area contributed by atoms with Crippen molar-refractivity contribution in [2.24, 2.45) is 5.14 Å². The van der Waals surface area contributed by atoms with Crippen molar-refractivity contribution >= 4 is 15.9 Å². The van der Waals surface area contributed by atoms with Crippen LogP contribution in [0.3, 0.4) is 0 Å². The van der Waals surface area contributed by atoms with Gasteiger partial charge >= 0.3 is 0 Å². The van der Waals surface area contributed by atoms with Crippen molar-refractivity contribution < 1.29 is 22.0 Å². The van der Waals surface area contributed by atoms with E-state index in [0.717, 1.165) is 12.8 Å². The highest BCUT2D eigenvalue weighted by molar-refractivity contribution is 7.89. The third-order valence-electron chi connectivity index (χ3n) is 2.50. The smallest absolute Gasteiger partial charge is 0.257 e. The molecule has 0 atom stereocenters. The van der Waals surface area contributed by atoms with Gasteiger partial charge in [-0.25, -0.2) is 22.3 Å². The minimum Gasteiger partial charge on any atom is -0.349 e. The fraction of sp³-hybridized carbons (Fsp3) is 0.300. The lowest BCUT2D eigenvalue weighted by Crippen LogP contribution is -2.28. The van der Waals surface area contributed by atoms with Crippen molar-refractivity contribution in [1.82, 2.24) is 5.32 Å². The molecule has 0 unspecified atom stereocenters. The number of nitrogens with one attached hydrogen (secondary N) is 1. The van der Waals surface area contributed by atoms with Crippen molar-refractivity contribution in [1.29, 1.82) is 0 Å². The number of carbonyl (C=O) groups is 1. The maximum atomic E-state index is 13.8. The molecule has 0 saturated heterocycles. The fourth-order valence-corrected chi connectivity index (χ4v) is 2.06. The van der Waals surface area contributed by atoms with Crippen LogP contribution in [0.15, 0.2) is 17.0 Å². The van der Waals surface area contributed by atoms with Crippen molar-refractivity contribution in [3.8, 4) is 0 Å². The Morgan fingerprint density at radius 2 is 1.94 bits per heavy atom. The molecule has 8 heteroatoms. The normalized spacial score (nSPS) is 15.5. The van der Waals surface area contributed by atoms with E-state index in [-0.39, 0.29) is 6.04 Å². The molecule has 1 aliphatic rings. The number of nitrogens with two attached hydrogens (primary N) is 1. The lowest BCUT2D eigenvalue weighted by Gasteiger charge is -2.08. The predicted molar refractivity (Wildman–Crippen MR) is 58.2 cm³/mol. The summed E-state index contributed by atoms with van der Waals surface area (Å²) < 4.78 is 49.3. The second-order valence-corrected chi connectivity index (χ2v) is 5.56. The zero-order valence-corrected chi connectivity index (χ0v) is 9.93. The zero-order chi connectivity index (χ0) is 13.5. The van der Waals surface area contributed by atoms with E-state index in [2.05, 4.69) is 5.32 Å². The Kier molecular flexibility index (Phi) is 3.07. The van der Waals surface area contributed by atoms with E-state index in [1.165, 1.54) is 0 Å². The van der Waals surface area contributed by atoms with Gasteiger partial charge in [-0.15, -0.1) is 0 Å². The lowest BCUT2D eigenvalue weighted by molar-refractivity contribution is 0.0942. The number of sulfonamides is 1. The molecule has 0 aromatic heterocycles. The summed E-state index contributed by atoms with van der Waals surface area (Å²) in [6.45, 7) is 0. The van der Waals surface area contributed by atoms with Crippen molar-refractivity contribution in [3.63, 3.8) is 0 Å². The van der Waals surface area contributed by atoms with Gasteiger partial charge in [0.2, 0.25) is 10.0 Å². The molecular weight excluding hydrogens is 266 g/mol. The van der Waals surface area contributed by atoms with E-state index in [0.29, 0.717) is 12.1 Å². The molecule has 1 amide bonds. The van der Waals surface area contributed by atoms with Gasteiger partial charge in [0.1, 0.15) is 16.3 Å². The van der Waals surface area contributed by atoms with E-state index in [9.17, 15) is 22.0 Å². The molecule has 0 aliphatic heterocycles. The Labute approximate surface area is 102 Å².